The quantitative estimate of drug-likeness (QED) is 0.0456. The zero-order valence-corrected chi connectivity index (χ0v) is 22.5. The average molecular weight is 576 g/mol. The summed E-state index contributed by atoms with van der Waals surface area (Å²) in [5.41, 5.74) is 14.1. The second-order valence-electron chi connectivity index (χ2n) is 9.04. The molecule has 0 aromatic heterocycles. The number of carbonyl (C=O) groups excluding carboxylic acids is 2. The standard InChI is InChI=1S/C23H41N7O10/c24-21-16(14-30(23(35)28-21)22-20(34)19(33)17(15-31)40-22)2-1-4-26-18(32)3-6-36-8-10-38-12-13-39-11-9-37-7-5-27-29-25/h16-17,19-20,22,31,33-34H,1-15H2,(H,26,32)(H2,24,28,35)/t16?,17-,19?,20+,22-/m1/s1. The number of nitrogens with zero attached hydrogens (tertiary/aromatic N) is 5. The molecule has 6 N–H and O–H groups in total. The predicted molar refractivity (Wildman–Crippen MR) is 139 cm³/mol. The molecule has 17 nitrogen and oxygen atoms in total. The molecule has 2 unspecified atom stereocenters. The maximum atomic E-state index is 12.3. The Bertz CT molecular complexity index is 845. The van der Waals surface area contributed by atoms with Crippen LogP contribution in [-0.4, -0.2) is 142 Å². The maximum absolute atomic E-state index is 12.3. The molecule has 0 saturated carbocycles. The second-order valence-corrected chi connectivity index (χ2v) is 9.04. The first-order valence-corrected chi connectivity index (χ1v) is 13.2. The minimum atomic E-state index is -1.38. The van der Waals surface area contributed by atoms with E-state index in [0.717, 1.165) is 0 Å². The summed E-state index contributed by atoms with van der Waals surface area (Å²) in [5.74, 6) is -0.313. The molecular weight excluding hydrogens is 534 g/mol. The average Bonchev–Trinajstić information content (AvgIpc) is 3.22. The van der Waals surface area contributed by atoms with Crippen LogP contribution in [0.5, 0.6) is 0 Å². The molecule has 17 heteroatoms. The van der Waals surface area contributed by atoms with Gasteiger partial charge in [-0.25, -0.2) is 4.79 Å². The van der Waals surface area contributed by atoms with Gasteiger partial charge in [0.2, 0.25) is 5.91 Å². The molecule has 1 saturated heterocycles. The van der Waals surface area contributed by atoms with Crippen LogP contribution in [0.1, 0.15) is 19.3 Å². The zero-order chi connectivity index (χ0) is 29.2. The van der Waals surface area contributed by atoms with Crippen molar-refractivity contribution < 1.29 is 48.6 Å². The van der Waals surface area contributed by atoms with Crippen molar-refractivity contribution in [3.8, 4) is 0 Å². The number of urea groups is 1. The molecule has 2 aliphatic rings. The van der Waals surface area contributed by atoms with Gasteiger partial charge in [0, 0.05) is 36.9 Å². The van der Waals surface area contributed by atoms with Gasteiger partial charge in [-0.1, -0.05) is 5.11 Å². The van der Waals surface area contributed by atoms with E-state index in [1.165, 1.54) is 4.90 Å². The van der Waals surface area contributed by atoms with E-state index >= 15 is 0 Å². The number of rotatable bonds is 21. The Morgan fingerprint density at radius 3 is 2.33 bits per heavy atom. The van der Waals surface area contributed by atoms with Gasteiger partial charge in [0.25, 0.3) is 0 Å². The van der Waals surface area contributed by atoms with Gasteiger partial charge in [-0.3, -0.25) is 9.69 Å². The van der Waals surface area contributed by atoms with Crippen molar-refractivity contribution in [2.75, 3.05) is 79.1 Å². The van der Waals surface area contributed by atoms with Gasteiger partial charge in [-0.15, -0.1) is 0 Å². The molecule has 5 atom stereocenters. The summed E-state index contributed by atoms with van der Waals surface area (Å²) < 4.78 is 26.7. The van der Waals surface area contributed by atoms with Crippen LogP contribution in [0.2, 0.25) is 0 Å². The minimum Gasteiger partial charge on any atom is -0.394 e. The monoisotopic (exact) mass is 575 g/mol. The number of azide groups is 1. The Labute approximate surface area is 232 Å². The SMILES string of the molecule is [N-]=[N+]=NCCOCCOCCOCCOCCC(=O)NCCCC1CN([C@@H]2O[C@H](CO)C(O)[C@@H]2O)C(=O)N=C1N. The molecule has 0 radical (unpaired) electrons. The molecule has 3 amide bonds. The molecule has 0 aromatic carbocycles. The third-order valence-corrected chi connectivity index (χ3v) is 6.17. The third-order valence-electron chi connectivity index (χ3n) is 6.17. The van der Waals surface area contributed by atoms with Crippen molar-refractivity contribution in [3.63, 3.8) is 0 Å². The Hall–Kier alpha value is -2.60. The minimum absolute atomic E-state index is 0.130. The second kappa shape index (κ2) is 19.5. The third kappa shape index (κ3) is 11.9. The van der Waals surface area contributed by atoms with Crippen molar-refractivity contribution >= 4 is 17.8 Å². The molecule has 2 heterocycles. The van der Waals surface area contributed by atoms with Crippen LogP contribution in [0, 0.1) is 5.92 Å². The summed E-state index contributed by atoms with van der Waals surface area (Å²) in [6.45, 7) is 3.30. The van der Waals surface area contributed by atoms with Crippen LogP contribution in [-0.2, 0) is 28.5 Å². The van der Waals surface area contributed by atoms with Gasteiger partial charge in [0.1, 0.15) is 24.1 Å². The normalized spacial score (nSPS) is 24.6. The first-order chi connectivity index (χ1) is 19.4. The van der Waals surface area contributed by atoms with Crippen LogP contribution < -0.4 is 11.1 Å². The highest BCUT2D eigenvalue weighted by Crippen LogP contribution is 2.27. The number of carbonyl (C=O) groups is 2. The van der Waals surface area contributed by atoms with Gasteiger partial charge in [0.05, 0.1) is 59.5 Å². The molecule has 40 heavy (non-hydrogen) atoms. The fraction of sp³-hybridized carbons (Fsp3) is 0.870. The molecular formula is C23H41N7O10. The number of hydrogen-bond donors (Lipinski definition) is 5. The fourth-order valence-electron chi connectivity index (χ4n) is 4.01. The summed E-state index contributed by atoms with van der Waals surface area (Å²) >= 11 is 0. The molecule has 0 aliphatic carbocycles. The molecule has 1 fully saturated rings. The van der Waals surface area contributed by atoms with E-state index < -0.39 is 37.2 Å². The number of aliphatic hydroxyl groups excluding tert-OH is 3. The van der Waals surface area contributed by atoms with Crippen LogP contribution in [0.4, 0.5) is 4.79 Å². The fourth-order valence-corrected chi connectivity index (χ4v) is 4.01. The van der Waals surface area contributed by atoms with Crippen molar-refractivity contribution in [1.29, 1.82) is 0 Å². The van der Waals surface area contributed by atoms with Gasteiger partial charge >= 0.3 is 6.03 Å². The van der Waals surface area contributed by atoms with E-state index in [4.69, 9.17) is 34.9 Å². The lowest BCUT2D eigenvalue weighted by Crippen LogP contribution is -2.53. The predicted octanol–water partition coefficient (Wildman–Crippen LogP) is -1.50. The summed E-state index contributed by atoms with van der Waals surface area (Å²) in [5, 5.41) is 35.6. The highest BCUT2D eigenvalue weighted by Gasteiger charge is 2.48. The molecule has 2 rings (SSSR count). The number of aliphatic imine (C=N–C) groups is 1. The number of amides is 3. The van der Waals surface area contributed by atoms with Gasteiger partial charge in [0.15, 0.2) is 6.23 Å². The Morgan fingerprint density at radius 1 is 1.10 bits per heavy atom. The zero-order valence-electron chi connectivity index (χ0n) is 22.5. The van der Waals surface area contributed by atoms with Crippen LogP contribution in [0.25, 0.3) is 10.4 Å². The Kier molecular flexibility index (Phi) is 16.4. The largest absolute Gasteiger partial charge is 0.394 e. The summed E-state index contributed by atoms with van der Waals surface area (Å²) in [7, 11) is 0. The first kappa shape index (κ1) is 33.6. The highest BCUT2D eigenvalue weighted by atomic mass is 16.6. The lowest BCUT2D eigenvalue weighted by Gasteiger charge is -2.35. The van der Waals surface area contributed by atoms with E-state index in [2.05, 4.69) is 20.3 Å². The van der Waals surface area contributed by atoms with E-state index in [9.17, 15) is 24.9 Å². The molecule has 0 spiro atoms. The lowest BCUT2D eigenvalue weighted by molar-refractivity contribution is -0.122. The number of nitrogens with one attached hydrogen (secondary N) is 1. The van der Waals surface area contributed by atoms with Crippen molar-refractivity contribution in [3.05, 3.63) is 10.4 Å². The van der Waals surface area contributed by atoms with Crippen molar-refractivity contribution in [2.24, 2.45) is 21.8 Å². The smallest absolute Gasteiger partial charge is 0.347 e. The Morgan fingerprint density at radius 2 is 1.73 bits per heavy atom. The number of aliphatic hydroxyl groups is 3. The van der Waals surface area contributed by atoms with Gasteiger partial charge in [-0.05, 0) is 18.4 Å². The Balaban J connectivity index is 1.47. The summed E-state index contributed by atoms with van der Waals surface area (Å²) in [6.07, 6.45) is -3.54. The van der Waals surface area contributed by atoms with Gasteiger partial charge in [-0.2, -0.15) is 4.99 Å². The molecule has 228 valence electrons. The van der Waals surface area contributed by atoms with Crippen molar-refractivity contribution in [1.82, 2.24) is 10.2 Å². The molecule has 2 aliphatic heterocycles. The van der Waals surface area contributed by atoms with Gasteiger partial charge < -0.3 is 50.1 Å². The number of hydrogen-bond acceptors (Lipinski definition) is 12. The lowest BCUT2D eigenvalue weighted by atomic mass is 9.99. The van der Waals surface area contributed by atoms with E-state index in [0.29, 0.717) is 72.2 Å². The number of nitrogens with two attached hydrogens (primary N) is 1. The van der Waals surface area contributed by atoms with E-state index in [-0.39, 0.29) is 37.2 Å². The number of ether oxygens (including phenoxy) is 5. The maximum Gasteiger partial charge on any atom is 0.347 e. The van der Waals surface area contributed by atoms with E-state index in [1.54, 1.807) is 0 Å². The topological polar surface area (TPSA) is 243 Å². The van der Waals surface area contributed by atoms with Crippen molar-refractivity contribution in [2.45, 2.75) is 43.8 Å². The first-order valence-electron chi connectivity index (χ1n) is 13.2. The van der Waals surface area contributed by atoms with Crippen LogP contribution in [0.3, 0.4) is 0 Å². The molecule has 0 bridgehead atoms. The highest BCUT2D eigenvalue weighted by molar-refractivity contribution is 5.96. The molecule has 0 aromatic rings. The van der Waals surface area contributed by atoms with Crippen LogP contribution in [0.15, 0.2) is 10.1 Å². The van der Waals surface area contributed by atoms with Crippen LogP contribution >= 0.6 is 0 Å². The summed E-state index contributed by atoms with van der Waals surface area (Å²) in [6, 6.07) is -0.683. The number of amidine groups is 1. The summed E-state index contributed by atoms with van der Waals surface area (Å²) in [4.78, 5) is 32.0. The van der Waals surface area contributed by atoms with E-state index in [1.807, 2.05) is 0 Å².